The Balaban J connectivity index is 1.42. The summed E-state index contributed by atoms with van der Waals surface area (Å²) in [7, 11) is 1.77. The summed E-state index contributed by atoms with van der Waals surface area (Å²) in [6, 6.07) is 6.89. The Kier molecular flexibility index (Phi) is 9.09. The highest BCUT2D eigenvalue weighted by Crippen LogP contribution is 2.45. The van der Waals surface area contributed by atoms with E-state index in [0.29, 0.717) is 36.3 Å². The van der Waals surface area contributed by atoms with Gasteiger partial charge in [-0.2, -0.15) is 9.97 Å². The number of aromatic nitrogens is 2. The first-order chi connectivity index (χ1) is 24.4. The van der Waals surface area contributed by atoms with Crippen LogP contribution in [0.4, 0.5) is 14.6 Å². The summed E-state index contributed by atoms with van der Waals surface area (Å²) in [5.41, 5.74) is -0.397. The van der Waals surface area contributed by atoms with Gasteiger partial charge < -0.3 is 19.6 Å². The Morgan fingerprint density at radius 3 is 2.59 bits per heavy atom. The number of phenols is 1. The summed E-state index contributed by atoms with van der Waals surface area (Å²) >= 11 is 6.96. The van der Waals surface area contributed by atoms with Crippen LogP contribution in [0.3, 0.4) is 0 Å². The van der Waals surface area contributed by atoms with E-state index in [0.717, 1.165) is 51.6 Å². The van der Waals surface area contributed by atoms with Gasteiger partial charge >= 0.3 is 6.01 Å². The van der Waals surface area contributed by atoms with Gasteiger partial charge in [0, 0.05) is 36.5 Å². The number of anilines is 1. The first-order valence-corrected chi connectivity index (χ1v) is 17.9. The number of halogens is 3. The number of carbonyl (C=O) groups is 1. The van der Waals surface area contributed by atoms with Crippen molar-refractivity contribution in [1.29, 1.82) is 0 Å². The third kappa shape index (κ3) is 6.04. The Morgan fingerprint density at radius 1 is 1.16 bits per heavy atom. The van der Waals surface area contributed by atoms with Crippen LogP contribution in [-0.2, 0) is 4.79 Å². The molecule has 1 unspecified atom stereocenters. The second-order valence-corrected chi connectivity index (χ2v) is 15.3. The molecule has 3 aliphatic heterocycles. The summed E-state index contributed by atoms with van der Waals surface area (Å²) in [6.07, 6.45) is 12.9. The number of hydrogen-bond acceptors (Lipinski definition) is 7. The molecule has 0 spiro atoms. The molecule has 3 aromatic carbocycles. The smallest absolute Gasteiger partial charge is 0.319 e. The molecule has 51 heavy (non-hydrogen) atoms. The van der Waals surface area contributed by atoms with Gasteiger partial charge in [0.15, 0.2) is 5.82 Å². The van der Waals surface area contributed by atoms with Crippen molar-refractivity contribution in [1.82, 2.24) is 19.8 Å². The van der Waals surface area contributed by atoms with Crippen molar-refractivity contribution in [3.05, 3.63) is 65.2 Å². The predicted octanol–water partition coefficient (Wildman–Crippen LogP) is 7.72. The van der Waals surface area contributed by atoms with Crippen LogP contribution in [-0.4, -0.2) is 82.2 Å². The maximum Gasteiger partial charge on any atom is 0.319 e. The number of amides is 1. The number of rotatable bonds is 7. The molecule has 0 aliphatic carbocycles. The highest BCUT2D eigenvalue weighted by molar-refractivity contribution is 6.35. The Morgan fingerprint density at radius 2 is 1.88 bits per heavy atom. The maximum absolute atomic E-state index is 17.3. The fourth-order valence-electron chi connectivity index (χ4n) is 8.71. The topological polar surface area (TPSA) is 82.0 Å². The molecule has 3 saturated heterocycles. The molecule has 1 aromatic heterocycles. The summed E-state index contributed by atoms with van der Waals surface area (Å²) in [5.74, 6) is 1.04. The largest absolute Gasteiger partial charge is 0.508 e. The van der Waals surface area contributed by atoms with Crippen molar-refractivity contribution in [3.63, 3.8) is 0 Å². The quantitative estimate of drug-likeness (QED) is 0.155. The molecule has 1 N–H and O–H groups in total. The lowest BCUT2D eigenvalue weighted by Gasteiger charge is -2.40. The summed E-state index contributed by atoms with van der Waals surface area (Å²) in [5, 5.41) is 11.7. The number of terminal acetylenes is 1. The van der Waals surface area contributed by atoms with Gasteiger partial charge in [-0.15, -0.1) is 6.42 Å². The predicted molar refractivity (Wildman–Crippen MR) is 197 cm³/mol. The minimum atomic E-state index is -0.780. The molecule has 266 valence electrons. The number of carbonyl (C=O) groups excluding carboxylic acids is 1. The number of likely N-dealkylation sites (N-methyl/N-ethyl adjacent to an activating group) is 1. The van der Waals surface area contributed by atoms with Crippen molar-refractivity contribution in [2.75, 3.05) is 44.7 Å². The second kappa shape index (κ2) is 13.3. The van der Waals surface area contributed by atoms with Crippen LogP contribution >= 0.6 is 11.6 Å². The van der Waals surface area contributed by atoms with Crippen LogP contribution in [0.15, 0.2) is 43.0 Å². The summed E-state index contributed by atoms with van der Waals surface area (Å²) in [4.78, 5) is 28.7. The third-order valence-corrected chi connectivity index (χ3v) is 11.7. The van der Waals surface area contributed by atoms with Crippen LogP contribution in [0.25, 0.3) is 32.8 Å². The van der Waals surface area contributed by atoms with Gasteiger partial charge in [-0.1, -0.05) is 44.0 Å². The zero-order chi connectivity index (χ0) is 36.2. The number of ether oxygens (including phenoxy) is 1. The molecular formula is C40H42ClF2N5O3. The van der Waals surface area contributed by atoms with E-state index >= 15 is 8.78 Å². The van der Waals surface area contributed by atoms with E-state index in [1.165, 1.54) is 30.3 Å². The van der Waals surface area contributed by atoms with Crippen molar-refractivity contribution in [3.8, 4) is 35.2 Å². The number of phenolic OH excluding ortho intramolecular Hbond substituents is 1. The summed E-state index contributed by atoms with van der Waals surface area (Å²) < 4.78 is 38.8. The van der Waals surface area contributed by atoms with Gasteiger partial charge in [-0.25, -0.2) is 8.78 Å². The van der Waals surface area contributed by atoms with Crippen molar-refractivity contribution in [2.45, 2.75) is 64.0 Å². The molecule has 3 aliphatic rings. The van der Waals surface area contributed by atoms with E-state index < -0.39 is 11.6 Å². The van der Waals surface area contributed by atoms with Gasteiger partial charge in [0.05, 0.1) is 22.2 Å². The Labute approximate surface area is 302 Å². The molecule has 4 aromatic rings. The van der Waals surface area contributed by atoms with Gasteiger partial charge in [0.2, 0.25) is 5.91 Å². The van der Waals surface area contributed by atoms with Crippen molar-refractivity contribution < 1.29 is 23.4 Å². The third-order valence-electron chi connectivity index (χ3n) is 11.4. The van der Waals surface area contributed by atoms with E-state index in [1.807, 2.05) is 0 Å². The normalized spacial score (nSPS) is 19.9. The fraction of sp³-hybridized carbons (Fsp3) is 0.425. The van der Waals surface area contributed by atoms with Crippen LogP contribution in [0.2, 0.25) is 5.02 Å². The number of hydrogen-bond donors (Lipinski definition) is 1. The highest BCUT2D eigenvalue weighted by atomic mass is 35.5. The van der Waals surface area contributed by atoms with Gasteiger partial charge in [-0.3, -0.25) is 9.69 Å². The minimum absolute atomic E-state index is 0.00903. The van der Waals surface area contributed by atoms with Crippen LogP contribution in [0, 0.1) is 29.4 Å². The lowest BCUT2D eigenvalue weighted by molar-refractivity contribution is -0.128. The van der Waals surface area contributed by atoms with Gasteiger partial charge in [-0.05, 0) is 98.3 Å². The fourth-order valence-corrected chi connectivity index (χ4v) is 9.01. The van der Waals surface area contributed by atoms with Crippen LogP contribution in [0.5, 0.6) is 11.8 Å². The van der Waals surface area contributed by atoms with Crippen molar-refractivity contribution in [2.24, 2.45) is 5.41 Å². The number of aromatic hydroxyl groups is 1. The molecule has 1 amide bonds. The van der Waals surface area contributed by atoms with E-state index in [-0.39, 0.29) is 67.3 Å². The average molecular weight is 714 g/mol. The van der Waals surface area contributed by atoms with Gasteiger partial charge in [0.25, 0.3) is 0 Å². The van der Waals surface area contributed by atoms with E-state index in [2.05, 4.69) is 41.1 Å². The van der Waals surface area contributed by atoms with E-state index in [9.17, 15) is 9.90 Å². The molecule has 1 atom stereocenters. The zero-order valence-corrected chi connectivity index (χ0v) is 30.0. The van der Waals surface area contributed by atoms with E-state index in [4.69, 9.17) is 27.7 Å². The Hall–Kier alpha value is -4.46. The molecule has 0 radical (unpaired) electrons. The molecular weight excluding hydrogens is 672 g/mol. The molecule has 11 heteroatoms. The first kappa shape index (κ1) is 35.0. The first-order valence-electron chi connectivity index (χ1n) is 17.5. The maximum atomic E-state index is 17.3. The number of fused-ring (bicyclic) bond motifs is 3. The Bertz CT molecular complexity index is 2100. The number of nitrogens with zero attached hydrogens (tertiary/aromatic N) is 5. The lowest BCUT2D eigenvalue weighted by Crippen LogP contribution is -2.50. The molecule has 0 bridgehead atoms. The molecule has 4 heterocycles. The monoisotopic (exact) mass is 713 g/mol. The second-order valence-electron chi connectivity index (χ2n) is 14.8. The number of benzene rings is 3. The zero-order valence-electron chi connectivity index (χ0n) is 29.2. The molecule has 7 rings (SSSR count). The lowest BCUT2D eigenvalue weighted by atomic mass is 9.80. The average Bonchev–Trinajstić information content (AvgIpc) is 3.64. The molecule has 3 fully saturated rings. The van der Waals surface area contributed by atoms with Crippen molar-refractivity contribution >= 4 is 45.0 Å². The highest BCUT2D eigenvalue weighted by Gasteiger charge is 2.45. The summed E-state index contributed by atoms with van der Waals surface area (Å²) in [6.45, 7) is 11.4. The minimum Gasteiger partial charge on any atom is -0.508 e. The van der Waals surface area contributed by atoms with Crippen LogP contribution < -0.4 is 9.64 Å². The van der Waals surface area contributed by atoms with E-state index in [1.54, 1.807) is 18.0 Å². The molecule has 0 saturated carbocycles. The van der Waals surface area contributed by atoms with Gasteiger partial charge in [0.1, 0.15) is 29.5 Å². The SMILES string of the molecule is C#Cc1c(F)ccc2cc(O)cc(-c3c(Cl)cc4c(N5CCCC(C)(C)C(N(C)C(=O)C=C)C5)nc(OCC56CCCN5CCC6)nc4c3F)c12. The molecule has 8 nitrogen and oxygen atoms in total. The van der Waals surface area contributed by atoms with Crippen LogP contribution in [0.1, 0.15) is 57.9 Å². The standard InChI is InChI=1S/C40H42ClF2N5O3/c1-6-26-30(42)12-11-24-19-25(49)20-27(33(24)26)34-29(41)21-28-36(35(34)43)44-38(51-23-40-14-9-17-48(40)18-10-15-40)45-37(28)47-16-8-13-39(3,4)31(22-47)46(5)32(50)7-2/h1,7,11-12,19-21,31,49H,2,8-10,13-18,22-23H2,3-5H3.